The van der Waals surface area contributed by atoms with E-state index in [1.807, 2.05) is 13.8 Å². The first-order valence-corrected chi connectivity index (χ1v) is 8.15. The molecule has 20 heavy (non-hydrogen) atoms. The smallest absolute Gasteiger partial charge is 0.238 e. The predicted molar refractivity (Wildman–Crippen MR) is 78.4 cm³/mol. The molecule has 1 aromatic rings. The molecule has 0 spiro atoms. The molecule has 3 N–H and O–H groups in total. The van der Waals surface area contributed by atoms with E-state index in [9.17, 15) is 13.2 Å². The molecule has 2 rings (SSSR count). The number of hydrogen-bond acceptors (Lipinski definition) is 3. The van der Waals surface area contributed by atoms with Gasteiger partial charge >= 0.3 is 0 Å². The van der Waals surface area contributed by atoms with E-state index in [0.29, 0.717) is 0 Å². The highest BCUT2D eigenvalue weighted by molar-refractivity contribution is 7.89. The fourth-order valence-electron chi connectivity index (χ4n) is 1.96. The summed E-state index contributed by atoms with van der Waals surface area (Å²) >= 11 is 11.9. The Hall–Kier alpha value is -0.820. The second kappa shape index (κ2) is 4.87. The van der Waals surface area contributed by atoms with Crippen LogP contribution in [-0.2, 0) is 14.8 Å². The van der Waals surface area contributed by atoms with Crippen molar-refractivity contribution in [2.24, 2.45) is 16.5 Å². The van der Waals surface area contributed by atoms with Crippen molar-refractivity contribution in [3.63, 3.8) is 0 Å². The van der Waals surface area contributed by atoms with Gasteiger partial charge in [0.25, 0.3) is 0 Å². The highest BCUT2D eigenvalue weighted by Gasteiger charge is 2.50. The van der Waals surface area contributed by atoms with Crippen LogP contribution in [-0.4, -0.2) is 14.3 Å². The van der Waals surface area contributed by atoms with Gasteiger partial charge in [0.05, 0.1) is 20.6 Å². The van der Waals surface area contributed by atoms with Gasteiger partial charge < -0.3 is 5.32 Å². The summed E-state index contributed by atoms with van der Waals surface area (Å²) in [6.07, 6.45) is 0.795. The maximum Gasteiger partial charge on any atom is 0.238 e. The van der Waals surface area contributed by atoms with Crippen LogP contribution >= 0.6 is 23.2 Å². The second-order valence-corrected chi connectivity index (χ2v) is 7.92. The zero-order valence-electron chi connectivity index (χ0n) is 10.9. The molecule has 1 saturated carbocycles. The van der Waals surface area contributed by atoms with Gasteiger partial charge in [0.15, 0.2) is 0 Å². The van der Waals surface area contributed by atoms with Crippen LogP contribution in [0.1, 0.15) is 20.3 Å². The van der Waals surface area contributed by atoms with E-state index >= 15 is 0 Å². The lowest BCUT2D eigenvalue weighted by Crippen LogP contribution is -2.18. The summed E-state index contributed by atoms with van der Waals surface area (Å²) in [6, 6.07) is 2.33. The largest absolute Gasteiger partial charge is 0.323 e. The van der Waals surface area contributed by atoms with Gasteiger partial charge in [-0.2, -0.15) is 0 Å². The van der Waals surface area contributed by atoms with Crippen LogP contribution in [0.4, 0.5) is 5.69 Å². The molecule has 5 nitrogen and oxygen atoms in total. The monoisotopic (exact) mass is 336 g/mol. The van der Waals surface area contributed by atoms with Gasteiger partial charge in [0.1, 0.15) is 0 Å². The van der Waals surface area contributed by atoms with E-state index < -0.39 is 10.0 Å². The van der Waals surface area contributed by atoms with E-state index in [1.54, 1.807) is 0 Å². The fourth-order valence-corrected chi connectivity index (χ4v) is 3.23. The molecular weight excluding hydrogens is 323 g/mol. The van der Waals surface area contributed by atoms with Crippen molar-refractivity contribution in [3.05, 3.63) is 22.2 Å². The van der Waals surface area contributed by atoms with Crippen LogP contribution in [0.2, 0.25) is 10.0 Å². The van der Waals surface area contributed by atoms with Crippen LogP contribution in [0.25, 0.3) is 0 Å². The first-order chi connectivity index (χ1) is 9.02. The number of primary sulfonamides is 1. The minimum Gasteiger partial charge on any atom is -0.323 e. The number of amides is 1. The molecule has 0 bridgehead atoms. The van der Waals surface area contributed by atoms with Crippen molar-refractivity contribution in [2.75, 3.05) is 5.32 Å². The molecule has 1 aliphatic carbocycles. The average molecular weight is 337 g/mol. The normalized spacial score (nSPS) is 20.6. The summed E-state index contributed by atoms with van der Waals surface area (Å²) in [7, 11) is -3.90. The number of sulfonamides is 1. The third-order valence-electron chi connectivity index (χ3n) is 3.42. The zero-order valence-corrected chi connectivity index (χ0v) is 13.2. The molecule has 8 heteroatoms. The number of carbonyl (C=O) groups excluding carboxylic acids is 1. The lowest BCUT2D eigenvalue weighted by atomic mass is 10.1. The van der Waals surface area contributed by atoms with Crippen LogP contribution in [0, 0.1) is 11.3 Å². The zero-order chi connectivity index (χ0) is 15.3. The Balaban J connectivity index is 2.28. The molecule has 1 fully saturated rings. The minimum absolute atomic E-state index is 0.0242. The number of nitrogens with one attached hydrogen (secondary N) is 1. The van der Waals surface area contributed by atoms with Gasteiger partial charge in [0.2, 0.25) is 15.9 Å². The van der Waals surface area contributed by atoms with E-state index in [4.69, 9.17) is 28.3 Å². The average Bonchev–Trinajstić information content (AvgIpc) is 2.91. The number of rotatable bonds is 3. The molecule has 1 atom stereocenters. The number of hydrogen-bond donors (Lipinski definition) is 2. The van der Waals surface area contributed by atoms with Gasteiger partial charge in [-0.3, -0.25) is 4.79 Å². The quantitative estimate of drug-likeness (QED) is 0.888. The maximum absolute atomic E-state index is 12.0. The van der Waals surface area contributed by atoms with E-state index in [1.165, 1.54) is 0 Å². The molecule has 0 heterocycles. The third kappa shape index (κ3) is 3.09. The van der Waals surface area contributed by atoms with Gasteiger partial charge in [-0.15, -0.1) is 0 Å². The van der Waals surface area contributed by atoms with Crippen molar-refractivity contribution < 1.29 is 13.2 Å². The van der Waals surface area contributed by atoms with E-state index in [0.717, 1.165) is 18.6 Å². The summed E-state index contributed by atoms with van der Waals surface area (Å²) in [5.41, 5.74) is 0.178. The Bertz CT molecular complexity index is 663. The van der Waals surface area contributed by atoms with Gasteiger partial charge in [-0.25, -0.2) is 13.6 Å². The molecule has 1 unspecified atom stereocenters. The summed E-state index contributed by atoms with van der Waals surface area (Å²) in [5, 5.41) is 7.71. The Morgan fingerprint density at radius 2 is 1.80 bits per heavy atom. The van der Waals surface area contributed by atoms with Crippen LogP contribution in [0.15, 0.2) is 17.0 Å². The Morgan fingerprint density at radius 3 is 2.15 bits per heavy atom. The molecule has 1 amide bonds. The van der Waals surface area contributed by atoms with Crippen molar-refractivity contribution in [1.82, 2.24) is 0 Å². The van der Waals surface area contributed by atoms with Crippen LogP contribution < -0.4 is 10.5 Å². The van der Waals surface area contributed by atoms with Crippen LogP contribution in [0.3, 0.4) is 0 Å². The molecule has 0 aliphatic heterocycles. The molecule has 110 valence electrons. The predicted octanol–water partition coefficient (Wildman–Crippen LogP) is 2.63. The number of benzene rings is 1. The Kier molecular flexibility index (Phi) is 3.79. The lowest BCUT2D eigenvalue weighted by molar-refractivity contribution is -0.118. The highest BCUT2D eigenvalue weighted by atomic mass is 35.5. The molecule has 0 radical (unpaired) electrons. The second-order valence-electron chi connectivity index (χ2n) is 5.54. The van der Waals surface area contributed by atoms with E-state index in [-0.39, 0.29) is 37.9 Å². The molecule has 0 aromatic heterocycles. The number of carbonyl (C=O) groups is 1. The third-order valence-corrected chi connectivity index (χ3v) is 4.91. The van der Waals surface area contributed by atoms with Crippen molar-refractivity contribution in [2.45, 2.75) is 25.2 Å². The van der Waals surface area contributed by atoms with Gasteiger partial charge in [0, 0.05) is 5.92 Å². The maximum atomic E-state index is 12.0. The standard InChI is InChI=1S/C12H14Cl2N2O3S/c1-12(2)5-7(12)11(17)16-10-8(13)3-6(4-9(10)14)20(15,18)19/h3-4,7H,5H2,1-2H3,(H,16,17)(H2,15,18,19). The summed E-state index contributed by atoms with van der Waals surface area (Å²) in [6.45, 7) is 3.98. The van der Waals surface area contributed by atoms with Crippen molar-refractivity contribution in [1.29, 1.82) is 0 Å². The number of nitrogens with two attached hydrogens (primary N) is 1. The first kappa shape index (κ1) is 15.6. The van der Waals surface area contributed by atoms with Crippen LogP contribution in [0.5, 0.6) is 0 Å². The molecular formula is C12H14Cl2N2O3S. The van der Waals surface area contributed by atoms with Gasteiger partial charge in [-0.1, -0.05) is 37.0 Å². The number of halogens is 2. The Labute approximate surface area is 127 Å². The molecule has 0 saturated heterocycles. The lowest BCUT2D eigenvalue weighted by Gasteiger charge is -2.11. The van der Waals surface area contributed by atoms with Crippen molar-refractivity contribution >= 4 is 44.8 Å². The minimum atomic E-state index is -3.90. The SMILES string of the molecule is CC1(C)CC1C(=O)Nc1c(Cl)cc(S(N)(=O)=O)cc1Cl. The summed E-state index contributed by atoms with van der Waals surface area (Å²) in [4.78, 5) is 11.8. The highest BCUT2D eigenvalue weighted by Crippen LogP contribution is 2.52. The number of anilines is 1. The van der Waals surface area contributed by atoms with Gasteiger partial charge in [-0.05, 0) is 24.0 Å². The first-order valence-electron chi connectivity index (χ1n) is 5.85. The Morgan fingerprint density at radius 1 is 1.35 bits per heavy atom. The van der Waals surface area contributed by atoms with E-state index in [2.05, 4.69) is 5.32 Å². The van der Waals surface area contributed by atoms with Crippen molar-refractivity contribution in [3.8, 4) is 0 Å². The summed E-state index contributed by atoms with van der Waals surface area (Å²) in [5.74, 6) is -0.269. The summed E-state index contributed by atoms with van der Waals surface area (Å²) < 4.78 is 22.5. The topological polar surface area (TPSA) is 89.3 Å². The molecule has 1 aliphatic rings. The fraction of sp³-hybridized carbons (Fsp3) is 0.417. The molecule has 1 aromatic carbocycles.